The van der Waals surface area contributed by atoms with E-state index in [4.69, 9.17) is 0 Å². The molecule has 2 atom stereocenters. The van der Waals surface area contributed by atoms with E-state index in [-0.39, 0.29) is 29.1 Å². The topological polar surface area (TPSA) is 69.8 Å². The Labute approximate surface area is 200 Å². The van der Waals surface area contributed by atoms with Gasteiger partial charge in [0.25, 0.3) is 0 Å². The van der Waals surface area contributed by atoms with Gasteiger partial charge in [0.15, 0.2) is 0 Å². The Morgan fingerprint density at radius 3 is 2.61 bits per heavy atom. The molecule has 1 aliphatic rings. The zero-order valence-corrected chi connectivity index (χ0v) is 21.1. The number of nitrogens with zero attached hydrogens (tertiary/aromatic N) is 5. The number of carbonyl (C=O) groups is 1. The molecular weight excluding hydrogens is 409 g/mol. The summed E-state index contributed by atoms with van der Waals surface area (Å²) in [7, 11) is 3.78. The van der Waals surface area contributed by atoms with Gasteiger partial charge in [-0.25, -0.2) is 0 Å². The lowest BCUT2D eigenvalue weighted by molar-refractivity contribution is -0.132. The van der Waals surface area contributed by atoms with E-state index < -0.39 is 0 Å². The molecule has 0 N–H and O–H groups in total. The lowest BCUT2D eigenvalue weighted by atomic mass is 9.64. The van der Waals surface area contributed by atoms with Crippen LogP contribution in [-0.4, -0.2) is 51.7 Å². The fourth-order valence-electron chi connectivity index (χ4n) is 5.01. The molecule has 2 rings (SSSR count). The van der Waals surface area contributed by atoms with Crippen LogP contribution in [-0.2, 0) is 4.79 Å². The van der Waals surface area contributed by atoms with Crippen LogP contribution in [0.15, 0.2) is 62.9 Å². The maximum Gasteiger partial charge on any atom is 0.228 e. The Balaban J connectivity index is 2.27. The van der Waals surface area contributed by atoms with Gasteiger partial charge in [-0.3, -0.25) is 4.79 Å². The fraction of sp³-hybridized carbons (Fsp3) is 0.500. The van der Waals surface area contributed by atoms with E-state index in [0.29, 0.717) is 13.1 Å². The highest BCUT2D eigenvalue weighted by Gasteiger charge is 2.52. The third-order valence-electron chi connectivity index (χ3n) is 7.51. The molecule has 2 unspecified atom stereocenters. The third-order valence-corrected chi connectivity index (χ3v) is 7.51. The lowest BCUT2D eigenvalue weighted by Crippen LogP contribution is -2.46. The molecule has 1 saturated carbocycles. The highest BCUT2D eigenvalue weighted by Crippen LogP contribution is 2.58. The summed E-state index contributed by atoms with van der Waals surface area (Å²) in [5, 5.41) is 15.6. The second-order valence-corrected chi connectivity index (χ2v) is 9.64. The van der Waals surface area contributed by atoms with Crippen molar-refractivity contribution in [1.82, 2.24) is 4.90 Å². The fourth-order valence-corrected chi connectivity index (χ4v) is 5.01. The minimum Gasteiger partial charge on any atom is -0.342 e. The Hall–Kier alpha value is -2.83. The van der Waals surface area contributed by atoms with Crippen LogP contribution in [0.25, 0.3) is 5.70 Å². The number of hydrogen-bond acceptors (Lipinski definition) is 5. The predicted octanol–water partition coefficient (Wildman–Crippen LogP) is 4.29. The first-order valence-corrected chi connectivity index (χ1v) is 11.6. The van der Waals surface area contributed by atoms with E-state index in [2.05, 4.69) is 80.6 Å². The molecule has 0 aromatic heterocycles. The van der Waals surface area contributed by atoms with Crippen molar-refractivity contribution in [3.63, 3.8) is 0 Å². The lowest BCUT2D eigenvalue weighted by Gasteiger charge is -2.45. The summed E-state index contributed by atoms with van der Waals surface area (Å²) in [4.78, 5) is 14.7. The zero-order chi connectivity index (χ0) is 24.6. The van der Waals surface area contributed by atoms with Crippen molar-refractivity contribution in [2.45, 2.75) is 47.0 Å². The van der Waals surface area contributed by atoms with Crippen molar-refractivity contribution >= 4 is 37.8 Å². The van der Waals surface area contributed by atoms with Gasteiger partial charge in [0.2, 0.25) is 5.91 Å². The maximum atomic E-state index is 12.7. The highest BCUT2D eigenvalue weighted by molar-refractivity contribution is 6.34. The Bertz CT molecular complexity index is 965. The minimum atomic E-state index is -0.0504. The number of allylic oxidation sites excluding steroid dienone is 2. The average Bonchev–Trinajstić information content (AvgIpc) is 3.01. The van der Waals surface area contributed by atoms with Crippen LogP contribution in [0, 0.1) is 16.7 Å². The average molecular weight is 447 g/mol. The van der Waals surface area contributed by atoms with E-state index in [1.807, 2.05) is 24.0 Å². The van der Waals surface area contributed by atoms with Gasteiger partial charge in [-0.05, 0) is 53.7 Å². The Kier molecular flexibility index (Phi) is 9.09. The third kappa shape index (κ3) is 5.95. The quantitative estimate of drug-likeness (QED) is 0.173. The largest absolute Gasteiger partial charge is 0.342 e. The molecule has 0 aliphatic heterocycles. The highest BCUT2D eigenvalue weighted by atomic mass is 16.2. The number of rotatable bonds is 10. The summed E-state index contributed by atoms with van der Waals surface area (Å²) in [6.07, 6.45) is 5.90. The van der Waals surface area contributed by atoms with Crippen LogP contribution in [0.4, 0.5) is 0 Å². The number of azo groups is 1. The van der Waals surface area contributed by atoms with Crippen LogP contribution in [0.3, 0.4) is 0 Å². The first-order chi connectivity index (χ1) is 15.6. The summed E-state index contributed by atoms with van der Waals surface area (Å²) >= 11 is 0. The van der Waals surface area contributed by atoms with Gasteiger partial charge >= 0.3 is 0 Å². The maximum absolute atomic E-state index is 12.7. The molecule has 33 heavy (non-hydrogen) atoms. The van der Waals surface area contributed by atoms with Crippen molar-refractivity contribution in [1.29, 1.82) is 0 Å². The van der Waals surface area contributed by atoms with Gasteiger partial charge in [0.05, 0.1) is 12.1 Å². The summed E-state index contributed by atoms with van der Waals surface area (Å²) in [6.45, 7) is 18.1. The molecule has 1 aromatic rings. The number of benzene rings is 1. The first-order valence-electron chi connectivity index (χ1n) is 11.6. The molecule has 0 radical (unpaired) electrons. The predicted molar refractivity (Wildman–Crippen MR) is 142 cm³/mol. The van der Waals surface area contributed by atoms with Crippen molar-refractivity contribution < 1.29 is 4.79 Å². The van der Waals surface area contributed by atoms with Gasteiger partial charge in [-0.1, -0.05) is 57.1 Å². The second kappa shape index (κ2) is 11.3. The minimum absolute atomic E-state index is 0.0386. The van der Waals surface area contributed by atoms with Crippen LogP contribution in [0.2, 0.25) is 0 Å². The SMILES string of the molecule is Bc1ccccc1C(=C/C(=C)C1CCC(C)(CN(CC)C(=O)C/C=N/N=C)C1(C)C)/N=N\C. The van der Waals surface area contributed by atoms with E-state index in [9.17, 15) is 4.79 Å². The molecule has 1 aromatic carbocycles. The smallest absolute Gasteiger partial charge is 0.228 e. The van der Waals surface area contributed by atoms with Crippen LogP contribution < -0.4 is 5.46 Å². The summed E-state index contributed by atoms with van der Waals surface area (Å²) < 4.78 is 0. The summed E-state index contributed by atoms with van der Waals surface area (Å²) in [5.74, 6) is 0.350. The molecule has 1 amide bonds. The van der Waals surface area contributed by atoms with Gasteiger partial charge in [-0.15, -0.1) is 0 Å². The monoisotopic (exact) mass is 447 g/mol. The molecule has 0 spiro atoms. The molecule has 0 saturated heterocycles. The van der Waals surface area contributed by atoms with E-state index in [1.54, 1.807) is 7.05 Å². The van der Waals surface area contributed by atoms with E-state index >= 15 is 0 Å². The van der Waals surface area contributed by atoms with Crippen LogP contribution in [0.5, 0.6) is 0 Å². The van der Waals surface area contributed by atoms with Crippen molar-refractivity contribution in [2.75, 3.05) is 20.1 Å². The Morgan fingerprint density at radius 1 is 1.30 bits per heavy atom. The van der Waals surface area contributed by atoms with E-state index in [1.165, 1.54) is 6.21 Å². The number of carbonyl (C=O) groups excluding carboxylic acids is 1. The molecule has 7 heteroatoms. The van der Waals surface area contributed by atoms with Crippen LogP contribution in [0.1, 0.15) is 52.5 Å². The molecular formula is C26H38BN5O. The van der Waals surface area contributed by atoms with Gasteiger partial charge in [0.1, 0.15) is 7.85 Å². The molecule has 1 aliphatic carbocycles. The summed E-state index contributed by atoms with van der Waals surface area (Å²) in [5.41, 5.74) is 4.04. The zero-order valence-electron chi connectivity index (χ0n) is 21.1. The second-order valence-electron chi connectivity index (χ2n) is 9.64. The molecule has 176 valence electrons. The molecule has 0 heterocycles. The van der Waals surface area contributed by atoms with Crippen molar-refractivity contribution in [3.8, 4) is 0 Å². The Morgan fingerprint density at radius 2 is 2.00 bits per heavy atom. The van der Waals surface area contributed by atoms with Gasteiger partial charge < -0.3 is 4.90 Å². The van der Waals surface area contributed by atoms with E-state index in [0.717, 1.165) is 35.1 Å². The normalized spacial score (nSPS) is 22.7. The molecule has 0 bridgehead atoms. The van der Waals surface area contributed by atoms with Crippen molar-refractivity contribution in [3.05, 3.63) is 48.1 Å². The van der Waals surface area contributed by atoms with Gasteiger partial charge in [-0.2, -0.15) is 20.4 Å². The van der Waals surface area contributed by atoms with Crippen molar-refractivity contribution in [2.24, 2.45) is 37.2 Å². The summed E-state index contributed by atoms with van der Waals surface area (Å²) in [6, 6.07) is 8.20. The number of hydrogen-bond donors (Lipinski definition) is 0. The number of amides is 1. The van der Waals surface area contributed by atoms with Crippen LogP contribution >= 0.6 is 0 Å². The standard InChI is InChI=1S/C26H38BN5O/c1-8-32(24(33)14-16-30-28-6)18-26(5)15-13-21(25(26,3)4)19(2)17-23(31-29-7)20-11-9-10-12-22(20)27/h9-12,16-17,21H,2,6,8,13-15,18,27H2,1,3-5,7H3/b23-17-,30-16+,31-29-. The molecule has 6 nitrogen and oxygen atoms in total. The first kappa shape index (κ1) is 26.4. The molecule has 1 fully saturated rings. The van der Waals surface area contributed by atoms with Gasteiger partial charge in [0, 0.05) is 33.1 Å².